The highest BCUT2D eigenvalue weighted by Crippen LogP contribution is 2.28. The van der Waals surface area contributed by atoms with Gasteiger partial charge in [0.2, 0.25) is 11.8 Å². The van der Waals surface area contributed by atoms with Crippen molar-refractivity contribution >= 4 is 17.6 Å². The zero-order chi connectivity index (χ0) is 28.9. The number of rotatable bonds is 11. The first-order valence-electron chi connectivity index (χ1n) is 14.1. The van der Waals surface area contributed by atoms with Gasteiger partial charge >= 0.3 is 0 Å². The van der Waals surface area contributed by atoms with E-state index in [9.17, 15) is 4.79 Å². The van der Waals surface area contributed by atoms with Gasteiger partial charge in [0.1, 0.15) is 31.0 Å². The summed E-state index contributed by atoms with van der Waals surface area (Å²) in [6.07, 6.45) is 16.8. The van der Waals surface area contributed by atoms with Crippen molar-refractivity contribution in [2.45, 2.75) is 45.3 Å². The Kier molecular flexibility index (Phi) is 11.1. The molecule has 0 radical (unpaired) electrons. The van der Waals surface area contributed by atoms with Crippen molar-refractivity contribution in [3.8, 4) is 11.8 Å². The van der Waals surface area contributed by atoms with E-state index in [1.807, 2.05) is 67.4 Å². The van der Waals surface area contributed by atoms with Crippen molar-refractivity contribution in [2.75, 3.05) is 32.8 Å². The number of hydrogen-bond donors (Lipinski definition) is 1. The molecule has 10 nitrogen and oxygen atoms in total. The Labute approximate surface area is 240 Å². The van der Waals surface area contributed by atoms with Crippen LogP contribution in [0.2, 0.25) is 0 Å². The van der Waals surface area contributed by atoms with Gasteiger partial charge in [-0.15, -0.1) is 0 Å². The minimum atomic E-state index is -0.441. The van der Waals surface area contributed by atoms with Crippen LogP contribution >= 0.6 is 0 Å². The zero-order valence-electron chi connectivity index (χ0n) is 23.6. The Morgan fingerprint density at radius 3 is 2.02 bits per heavy atom. The molecule has 1 aliphatic heterocycles. The van der Waals surface area contributed by atoms with E-state index >= 15 is 0 Å². The molecule has 0 unspecified atom stereocenters. The summed E-state index contributed by atoms with van der Waals surface area (Å²) in [5.74, 6) is 6.62. The molecule has 4 rings (SSSR count). The van der Waals surface area contributed by atoms with Crippen LogP contribution in [0.1, 0.15) is 43.5 Å². The molecule has 2 N–H and O–H groups in total. The van der Waals surface area contributed by atoms with Gasteiger partial charge in [-0.3, -0.25) is 4.79 Å². The quantitative estimate of drug-likeness (QED) is 0.320. The molecule has 2 heterocycles. The summed E-state index contributed by atoms with van der Waals surface area (Å²) >= 11 is 0. The third-order valence-corrected chi connectivity index (χ3v) is 6.64. The number of ether oxygens (including phenoxy) is 2. The topological polar surface area (TPSA) is 121 Å². The molecule has 0 bridgehead atoms. The van der Waals surface area contributed by atoms with Gasteiger partial charge in [0.15, 0.2) is 0 Å². The van der Waals surface area contributed by atoms with Crippen molar-refractivity contribution in [2.24, 2.45) is 22.0 Å². The molecule has 3 aliphatic rings. The predicted octanol–water partition coefficient (Wildman–Crippen LogP) is 4.12. The summed E-state index contributed by atoms with van der Waals surface area (Å²) in [6.45, 7) is 6.69. The highest BCUT2D eigenvalue weighted by molar-refractivity contribution is 5.96. The first kappa shape index (κ1) is 29.6. The van der Waals surface area contributed by atoms with Crippen LogP contribution in [-0.4, -0.2) is 72.6 Å². The Morgan fingerprint density at radius 2 is 1.49 bits per heavy atom. The van der Waals surface area contributed by atoms with Crippen molar-refractivity contribution in [1.29, 1.82) is 0 Å². The molecule has 1 amide bonds. The maximum absolute atomic E-state index is 13.6. The smallest absolute Gasteiger partial charge is 0.259 e. The normalized spacial score (nSPS) is 19.8. The van der Waals surface area contributed by atoms with Gasteiger partial charge in [0.25, 0.3) is 5.91 Å². The molecule has 0 spiro atoms. The lowest BCUT2D eigenvalue weighted by atomic mass is 9.93. The molecule has 1 aromatic heterocycles. The minimum Gasteiger partial charge on any atom is -0.466 e. The van der Waals surface area contributed by atoms with Gasteiger partial charge in [-0.2, -0.15) is 4.98 Å². The average molecular weight is 560 g/mol. The van der Waals surface area contributed by atoms with Crippen molar-refractivity contribution in [3.63, 3.8) is 0 Å². The summed E-state index contributed by atoms with van der Waals surface area (Å²) in [5.41, 5.74) is 7.64. The molecule has 41 heavy (non-hydrogen) atoms. The molecule has 0 atom stereocenters. The fraction of sp³-hybridized carbons (Fsp3) is 0.419. The van der Waals surface area contributed by atoms with Crippen LogP contribution in [0.3, 0.4) is 0 Å². The summed E-state index contributed by atoms with van der Waals surface area (Å²) in [4.78, 5) is 30.0. The molecule has 0 aromatic carbocycles. The number of hydrogen-bond acceptors (Lipinski definition) is 9. The summed E-state index contributed by atoms with van der Waals surface area (Å²) in [5, 5.41) is 7.54. The average Bonchev–Trinajstić information content (AvgIpc) is 3.00. The molecule has 0 saturated carbocycles. The molecular formula is C31H37N5O5. The summed E-state index contributed by atoms with van der Waals surface area (Å²) in [7, 11) is 0. The van der Waals surface area contributed by atoms with E-state index in [1.165, 1.54) is 0 Å². The van der Waals surface area contributed by atoms with E-state index in [1.54, 1.807) is 12.1 Å². The first-order chi connectivity index (χ1) is 20.1. The molecule has 1 fully saturated rings. The number of carbonyl (C=O) groups is 1. The second kappa shape index (κ2) is 15.4. The molecule has 1 aromatic rings. The van der Waals surface area contributed by atoms with Gasteiger partial charge in [0, 0.05) is 42.0 Å². The number of likely N-dealkylation sites (tertiary alicyclic amines) is 1. The number of pyridine rings is 1. The van der Waals surface area contributed by atoms with Crippen LogP contribution in [-0.2, 0) is 9.68 Å². The predicted molar refractivity (Wildman–Crippen MR) is 157 cm³/mol. The van der Waals surface area contributed by atoms with Crippen LogP contribution < -0.4 is 15.2 Å². The Bertz CT molecular complexity index is 1280. The fourth-order valence-electron chi connectivity index (χ4n) is 4.48. The van der Waals surface area contributed by atoms with E-state index in [4.69, 9.17) is 24.9 Å². The second-order valence-electron chi connectivity index (χ2n) is 9.57. The Hall–Kier alpha value is -4.36. The monoisotopic (exact) mass is 559 g/mol. The fourth-order valence-corrected chi connectivity index (χ4v) is 4.48. The molecule has 10 heteroatoms. The van der Waals surface area contributed by atoms with Gasteiger partial charge in [-0.1, -0.05) is 0 Å². The number of allylic oxidation sites excluding steroid dienone is 6. The largest absolute Gasteiger partial charge is 0.466 e. The maximum atomic E-state index is 13.6. The highest BCUT2D eigenvalue weighted by atomic mass is 16.6. The summed E-state index contributed by atoms with van der Waals surface area (Å²) in [6, 6.07) is 3.42. The third-order valence-electron chi connectivity index (χ3n) is 6.64. The van der Waals surface area contributed by atoms with E-state index in [2.05, 4.69) is 27.0 Å². The lowest BCUT2D eigenvalue weighted by Gasteiger charge is -2.32. The lowest BCUT2D eigenvalue weighted by Crippen LogP contribution is -2.39. The molecular weight excluding hydrogens is 522 g/mol. The SMILES string of the molecule is CCON=C=C1C=CC(Oc2ccc(C(=O)N3CCC(CCN)CC3)c(OC3C=CC(=C=NOCC)C=C3)n2)C=C1. The number of nitrogens with two attached hydrogens (primary N) is 1. The Morgan fingerprint density at radius 1 is 0.927 bits per heavy atom. The number of piperidine rings is 1. The van der Waals surface area contributed by atoms with Crippen LogP contribution in [0.4, 0.5) is 0 Å². The van der Waals surface area contributed by atoms with Crippen LogP contribution in [0.5, 0.6) is 11.8 Å². The number of aromatic nitrogens is 1. The third kappa shape index (κ3) is 8.82. The summed E-state index contributed by atoms with van der Waals surface area (Å²) < 4.78 is 12.3. The zero-order valence-corrected chi connectivity index (χ0v) is 23.6. The standard InChI is InChI=1S/C31H37N5O5/c1-3-38-33-21-24-5-9-26(10-6-24)40-29-14-13-28(31(37)36-19-16-23(15-18-32)17-20-36)30(35-29)41-27-11-7-25(8-12-27)22-34-39-4-2/h5-14,23,26-27H,3-4,15-20,32H2,1-2H3. The van der Waals surface area contributed by atoms with Gasteiger partial charge in [0.05, 0.1) is 0 Å². The molecule has 2 aliphatic carbocycles. The maximum Gasteiger partial charge on any atom is 0.259 e. The first-order valence-corrected chi connectivity index (χ1v) is 14.1. The van der Waals surface area contributed by atoms with Crippen molar-refractivity contribution < 1.29 is 23.9 Å². The van der Waals surface area contributed by atoms with Crippen LogP contribution in [0, 0.1) is 5.92 Å². The van der Waals surface area contributed by atoms with Crippen LogP contribution in [0.25, 0.3) is 0 Å². The van der Waals surface area contributed by atoms with Crippen LogP contribution in [0.15, 0.2) is 82.2 Å². The lowest BCUT2D eigenvalue weighted by molar-refractivity contribution is 0.0681. The number of nitrogens with zero attached hydrogens (tertiary/aromatic N) is 4. The molecule has 216 valence electrons. The minimum absolute atomic E-state index is 0.112. The van der Waals surface area contributed by atoms with Crippen molar-refractivity contribution in [3.05, 3.63) is 77.5 Å². The second-order valence-corrected chi connectivity index (χ2v) is 9.57. The van der Waals surface area contributed by atoms with Gasteiger partial charge in [-0.25, -0.2) is 0 Å². The van der Waals surface area contributed by atoms with Crippen molar-refractivity contribution in [1.82, 2.24) is 9.88 Å². The number of amides is 1. The number of carbonyl (C=O) groups excluding carboxylic acids is 1. The van der Waals surface area contributed by atoms with Gasteiger partial charge < -0.3 is 29.8 Å². The van der Waals surface area contributed by atoms with E-state index in [0.29, 0.717) is 50.2 Å². The van der Waals surface area contributed by atoms with E-state index in [0.717, 1.165) is 30.4 Å². The van der Waals surface area contributed by atoms with E-state index in [-0.39, 0.29) is 17.9 Å². The Balaban J connectivity index is 1.51. The highest BCUT2D eigenvalue weighted by Gasteiger charge is 2.27. The van der Waals surface area contributed by atoms with E-state index < -0.39 is 6.10 Å². The molecule has 1 saturated heterocycles. The van der Waals surface area contributed by atoms with Gasteiger partial charge in [-0.05, 0) is 111 Å².